The van der Waals surface area contributed by atoms with Crippen molar-refractivity contribution in [2.45, 2.75) is 139 Å². The molecule has 0 saturated carbocycles. The van der Waals surface area contributed by atoms with Crippen molar-refractivity contribution in [3.05, 3.63) is 0 Å². The van der Waals surface area contributed by atoms with E-state index in [0.717, 1.165) is 13.2 Å². The number of hydrogen-bond donors (Lipinski definition) is 0. The summed E-state index contributed by atoms with van der Waals surface area (Å²) in [5, 5.41) is 0. The second-order valence-corrected chi connectivity index (χ2v) is 16.6. The van der Waals surface area contributed by atoms with Gasteiger partial charge in [0.1, 0.15) is 0 Å². The Morgan fingerprint density at radius 2 is 0.704 bits per heavy atom. The quantitative estimate of drug-likeness (QED) is 0.149. The van der Waals surface area contributed by atoms with E-state index in [2.05, 4.69) is 27.7 Å². The Bertz CT molecular complexity index is 256. The Balaban J connectivity index is 4.01. The molecule has 3 heteroatoms. The topological polar surface area (TPSA) is 18.5 Å². The van der Waals surface area contributed by atoms with Gasteiger partial charge in [-0.05, 0) is 0 Å². The summed E-state index contributed by atoms with van der Waals surface area (Å²) in [4.78, 5) is 0. The van der Waals surface area contributed by atoms with Crippen LogP contribution in [0.5, 0.6) is 0 Å². The van der Waals surface area contributed by atoms with Crippen molar-refractivity contribution in [1.82, 2.24) is 0 Å². The van der Waals surface area contributed by atoms with Crippen molar-refractivity contribution in [3.8, 4) is 0 Å². The summed E-state index contributed by atoms with van der Waals surface area (Å²) in [6.07, 6.45) is 22.3. The van der Waals surface area contributed by atoms with Crippen molar-refractivity contribution in [2.75, 3.05) is 13.2 Å². The van der Waals surface area contributed by atoms with E-state index in [1.807, 2.05) is 0 Å². The van der Waals surface area contributed by atoms with Gasteiger partial charge in [0.2, 0.25) is 0 Å². The molecule has 0 N–H and O–H groups in total. The van der Waals surface area contributed by atoms with Crippen LogP contribution in [0.2, 0.25) is 8.26 Å². The van der Waals surface area contributed by atoms with Crippen LogP contribution in [0.15, 0.2) is 0 Å². The van der Waals surface area contributed by atoms with E-state index in [-0.39, 0.29) is 0 Å². The fraction of sp³-hybridized carbons (Fsp3) is 1.00. The Labute approximate surface area is 178 Å². The molecule has 0 unspecified atom stereocenters. The van der Waals surface area contributed by atoms with Crippen LogP contribution >= 0.6 is 0 Å². The zero-order valence-corrected chi connectivity index (χ0v) is 21.9. The number of rotatable bonds is 22. The van der Waals surface area contributed by atoms with Crippen LogP contribution in [0.3, 0.4) is 0 Å². The van der Waals surface area contributed by atoms with Crippen LogP contribution < -0.4 is 0 Å². The van der Waals surface area contributed by atoms with Crippen LogP contribution in [0.4, 0.5) is 0 Å². The Morgan fingerprint density at radius 1 is 0.407 bits per heavy atom. The number of unbranched alkanes of at least 4 members (excludes halogenated alkanes) is 14. The molecule has 0 aromatic carbocycles. The minimum absolute atomic E-state index is 0.851. The molecule has 0 rings (SSSR count). The SMILES string of the molecule is CCCCCCCCC[CH2][Zr]([CH2]CCCCCCCCC)([O]CC)[O]CC. The van der Waals surface area contributed by atoms with Gasteiger partial charge >= 0.3 is 179 Å². The van der Waals surface area contributed by atoms with Crippen LogP contribution in [0.25, 0.3) is 0 Å². The summed E-state index contributed by atoms with van der Waals surface area (Å²) in [6, 6.07) is 0. The molecule has 0 bridgehead atoms. The van der Waals surface area contributed by atoms with Gasteiger partial charge in [0.05, 0.1) is 0 Å². The van der Waals surface area contributed by atoms with E-state index in [4.69, 9.17) is 5.63 Å². The molecule has 0 aliphatic carbocycles. The molecule has 0 radical (unpaired) electrons. The van der Waals surface area contributed by atoms with Gasteiger partial charge in [0.25, 0.3) is 0 Å². The van der Waals surface area contributed by atoms with Crippen LogP contribution in [-0.4, -0.2) is 13.2 Å². The predicted octanol–water partition coefficient (Wildman–Crippen LogP) is 9.16. The van der Waals surface area contributed by atoms with E-state index < -0.39 is 21.1 Å². The summed E-state index contributed by atoms with van der Waals surface area (Å²) in [5.74, 6) is 0. The van der Waals surface area contributed by atoms with Crippen molar-refractivity contribution in [2.24, 2.45) is 0 Å². The van der Waals surface area contributed by atoms with E-state index in [0.29, 0.717) is 0 Å². The van der Waals surface area contributed by atoms with E-state index in [9.17, 15) is 0 Å². The van der Waals surface area contributed by atoms with Crippen LogP contribution in [0, 0.1) is 0 Å². The van der Waals surface area contributed by atoms with Crippen molar-refractivity contribution in [3.63, 3.8) is 0 Å². The molecule has 0 amide bonds. The molecule has 0 aliphatic heterocycles. The maximum atomic E-state index is 6.38. The second-order valence-electron chi connectivity index (χ2n) is 8.23. The van der Waals surface area contributed by atoms with Gasteiger partial charge in [-0.3, -0.25) is 0 Å². The first-order valence-electron chi connectivity index (χ1n) is 12.5. The first-order valence-corrected chi connectivity index (χ1v) is 18.0. The average molecular weight is 464 g/mol. The van der Waals surface area contributed by atoms with Gasteiger partial charge in [-0.25, -0.2) is 0 Å². The van der Waals surface area contributed by atoms with E-state index >= 15 is 0 Å². The summed E-state index contributed by atoms with van der Waals surface area (Å²) >= 11 is -2.80. The molecular formula is C24H52O2Zr. The molecular weight excluding hydrogens is 411 g/mol. The summed E-state index contributed by atoms with van der Waals surface area (Å²) < 4.78 is 15.3. The van der Waals surface area contributed by atoms with E-state index in [1.165, 1.54) is 111 Å². The van der Waals surface area contributed by atoms with Crippen molar-refractivity contribution in [1.29, 1.82) is 0 Å². The molecule has 0 aromatic heterocycles. The third-order valence-corrected chi connectivity index (χ3v) is 15.1. The molecule has 27 heavy (non-hydrogen) atoms. The van der Waals surface area contributed by atoms with Crippen LogP contribution in [0.1, 0.15) is 130 Å². The van der Waals surface area contributed by atoms with Gasteiger partial charge < -0.3 is 0 Å². The molecule has 0 saturated heterocycles. The monoisotopic (exact) mass is 462 g/mol. The van der Waals surface area contributed by atoms with Crippen molar-refractivity contribution >= 4 is 0 Å². The fourth-order valence-electron chi connectivity index (χ4n) is 4.04. The number of hydrogen-bond acceptors (Lipinski definition) is 2. The summed E-state index contributed by atoms with van der Waals surface area (Å²) in [6.45, 7) is 10.6. The zero-order chi connectivity index (χ0) is 20.1. The molecule has 0 spiro atoms. The third kappa shape index (κ3) is 17.4. The standard InChI is InChI=1S/2C10H21.2C2H5O.Zr/c2*1-3-5-7-9-10-8-6-4-2;2*1-2-3;/h2*1,3-10H2,2H3;2*2H2,1H3;/q;;2*-1;+2. The zero-order valence-electron chi connectivity index (χ0n) is 19.5. The van der Waals surface area contributed by atoms with Crippen molar-refractivity contribution < 1.29 is 26.8 Å². The first-order chi connectivity index (χ1) is 13.2. The molecule has 0 atom stereocenters. The normalized spacial score (nSPS) is 12.0. The molecule has 0 heterocycles. The second kappa shape index (κ2) is 21.5. The van der Waals surface area contributed by atoms with Gasteiger partial charge in [-0.15, -0.1) is 0 Å². The molecule has 0 fully saturated rings. The predicted molar refractivity (Wildman–Crippen MR) is 118 cm³/mol. The van der Waals surface area contributed by atoms with Gasteiger partial charge in [-0.1, -0.05) is 0 Å². The van der Waals surface area contributed by atoms with Gasteiger partial charge in [0.15, 0.2) is 0 Å². The first kappa shape index (κ1) is 27.8. The molecule has 2 nitrogen and oxygen atoms in total. The fourth-order valence-corrected chi connectivity index (χ4v) is 12.7. The van der Waals surface area contributed by atoms with Gasteiger partial charge in [-0.2, -0.15) is 0 Å². The summed E-state index contributed by atoms with van der Waals surface area (Å²) in [5.41, 5.74) is 0. The third-order valence-electron chi connectivity index (χ3n) is 5.64. The average Bonchev–Trinajstić information content (AvgIpc) is 2.66. The minimum atomic E-state index is -2.80. The summed E-state index contributed by atoms with van der Waals surface area (Å²) in [7, 11) is 0. The molecule has 0 aromatic rings. The van der Waals surface area contributed by atoms with Gasteiger partial charge in [0, 0.05) is 0 Å². The Hall–Kier alpha value is 0.803. The Morgan fingerprint density at radius 3 is 1.00 bits per heavy atom. The van der Waals surface area contributed by atoms with E-state index in [1.54, 1.807) is 0 Å². The maximum absolute atomic E-state index is 6.38. The molecule has 164 valence electrons. The molecule has 0 aliphatic rings. The Kier molecular flexibility index (Phi) is 22.2. The van der Waals surface area contributed by atoms with Crippen LogP contribution in [-0.2, 0) is 26.8 Å².